The van der Waals surface area contributed by atoms with Crippen molar-refractivity contribution in [1.82, 2.24) is 0 Å². The molecule has 0 aliphatic carbocycles. The van der Waals surface area contributed by atoms with E-state index in [1.54, 1.807) is 6.07 Å². The van der Waals surface area contributed by atoms with Crippen molar-refractivity contribution in [3.63, 3.8) is 0 Å². The van der Waals surface area contributed by atoms with Gasteiger partial charge in [-0.25, -0.2) is 0 Å². The molecule has 96 valence electrons. The van der Waals surface area contributed by atoms with Crippen molar-refractivity contribution in [2.75, 3.05) is 5.32 Å². The van der Waals surface area contributed by atoms with Gasteiger partial charge in [-0.2, -0.15) is 18.4 Å². The van der Waals surface area contributed by atoms with Crippen LogP contribution in [0.15, 0.2) is 18.2 Å². The highest BCUT2D eigenvalue weighted by Gasteiger charge is 2.31. The molecular formula is C11H8ClF3N2O. The molecule has 1 amide bonds. The summed E-state index contributed by atoms with van der Waals surface area (Å²) in [4.78, 5) is 11.3. The van der Waals surface area contributed by atoms with Crippen LogP contribution in [-0.2, 0) is 11.0 Å². The van der Waals surface area contributed by atoms with E-state index in [0.29, 0.717) is 6.07 Å². The molecule has 0 bridgehead atoms. The monoisotopic (exact) mass is 276 g/mol. The number of nitriles is 1. The van der Waals surface area contributed by atoms with Gasteiger partial charge < -0.3 is 5.32 Å². The van der Waals surface area contributed by atoms with Crippen molar-refractivity contribution in [2.45, 2.75) is 18.5 Å². The molecule has 0 aromatic heterocycles. The molecule has 0 fully saturated rings. The van der Waals surface area contributed by atoms with Gasteiger partial charge in [-0.05, 0) is 25.1 Å². The standard InChI is InChI=1S/C11H8ClF3N2O/c1-6(12)10(18)17-9-3-2-8(11(13,14)15)4-7(9)5-16/h2-4,6H,1H3,(H,17,18). The highest BCUT2D eigenvalue weighted by molar-refractivity contribution is 6.32. The Balaban J connectivity index is 3.10. The maximum Gasteiger partial charge on any atom is 0.416 e. The molecule has 1 atom stereocenters. The van der Waals surface area contributed by atoms with Crippen LogP contribution in [0.4, 0.5) is 18.9 Å². The maximum atomic E-state index is 12.4. The lowest BCUT2D eigenvalue weighted by Crippen LogP contribution is -2.21. The number of nitrogens with one attached hydrogen (secondary N) is 1. The average molecular weight is 277 g/mol. The number of alkyl halides is 4. The molecule has 0 radical (unpaired) electrons. The first-order chi connectivity index (χ1) is 8.25. The summed E-state index contributed by atoms with van der Waals surface area (Å²) in [7, 11) is 0. The summed E-state index contributed by atoms with van der Waals surface area (Å²) < 4.78 is 37.2. The van der Waals surface area contributed by atoms with Gasteiger partial charge in [0.05, 0.1) is 16.8 Å². The Morgan fingerprint density at radius 3 is 2.56 bits per heavy atom. The van der Waals surface area contributed by atoms with Crippen LogP contribution in [-0.4, -0.2) is 11.3 Å². The molecule has 0 spiro atoms. The molecule has 0 aliphatic rings. The summed E-state index contributed by atoms with van der Waals surface area (Å²) in [5, 5.41) is 10.2. The minimum Gasteiger partial charge on any atom is -0.324 e. The number of nitrogens with zero attached hydrogens (tertiary/aromatic N) is 1. The second-order valence-electron chi connectivity index (χ2n) is 3.48. The third-order valence-corrected chi connectivity index (χ3v) is 2.28. The minimum atomic E-state index is -4.53. The Hall–Kier alpha value is -1.74. The Morgan fingerprint density at radius 2 is 2.11 bits per heavy atom. The SMILES string of the molecule is CC(Cl)C(=O)Nc1ccc(C(F)(F)F)cc1C#N. The lowest BCUT2D eigenvalue weighted by molar-refractivity contribution is -0.137. The van der Waals surface area contributed by atoms with E-state index in [1.165, 1.54) is 6.92 Å². The van der Waals surface area contributed by atoms with E-state index in [-0.39, 0.29) is 11.3 Å². The number of amides is 1. The van der Waals surface area contributed by atoms with Gasteiger partial charge in [0, 0.05) is 0 Å². The Morgan fingerprint density at radius 1 is 1.50 bits per heavy atom. The van der Waals surface area contributed by atoms with Crippen molar-refractivity contribution >= 4 is 23.2 Å². The molecule has 0 heterocycles. The van der Waals surface area contributed by atoms with Crippen molar-refractivity contribution in [3.8, 4) is 6.07 Å². The van der Waals surface area contributed by atoms with E-state index in [2.05, 4.69) is 5.32 Å². The van der Waals surface area contributed by atoms with Gasteiger partial charge in [-0.15, -0.1) is 11.6 Å². The Bertz CT molecular complexity index is 506. The molecule has 18 heavy (non-hydrogen) atoms. The summed E-state index contributed by atoms with van der Waals surface area (Å²) in [5.74, 6) is -0.590. The molecule has 3 nitrogen and oxygen atoms in total. The van der Waals surface area contributed by atoms with Gasteiger partial charge in [-0.3, -0.25) is 4.79 Å². The van der Waals surface area contributed by atoms with Crippen molar-refractivity contribution in [2.24, 2.45) is 0 Å². The molecular weight excluding hydrogens is 269 g/mol. The predicted octanol–water partition coefficient (Wildman–Crippen LogP) is 3.14. The molecule has 1 aromatic rings. The zero-order chi connectivity index (χ0) is 13.9. The van der Waals surface area contributed by atoms with E-state index in [9.17, 15) is 18.0 Å². The largest absolute Gasteiger partial charge is 0.416 e. The van der Waals surface area contributed by atoms with E-state index >= 15 is 0 Å². The Kier molecular flexibility index (Phi) is 4.19. The van der Waals surface area contributed by atoms with Crippen LogP contribution in [0.5, 0.6) is 0 Å². The van der Waals surface area contributed by atoms with Crippen molar-refractivity contribution in [3.05, 3.63) is 29.3 Å². The summed E-state index contributed by atoms with van der Waals surface area (Å²) in [5.41, 5.74) is -1.21. The topological polar surface area (TPSA) is 52.9 Å². The smallest absolute Gasteiger partial charge is 0.324 e. The van der Waals surface area contributed by atoms with Crippen molar-refractivity contribution < 1.29 is 18.0 Å². The summed E-state index contributed by atoms with van der Waals surface area (Å²) >= 11 is 5.50. The normalized spacial score (nSPS) is 12.7. The molecule has 1 N–H and O–H groups in total. The minimum absolute atomic E-state index is 0.00278. The highest BCUT2D eigenvalue weighted by atomic mass is 35.5. The fourth-order valence-electron chi connectivity index (χ4n) is 1.15. The number of carbonyl (C=O) groups excluding carboxylic acids is 1. The van der Waals surface area contributed by atoms with Gasteiger partial charge in [0.15, 0.2) is 0 Å². The second-order valence-corrected chi connectivity index (χ2v) is 4.13. The number of hydrogen-bond acceptors (Lipinski definition) is 2. The van der Waals surface area contributed by atoms with E-state index in [0.717, 1.165) is 12.1 Å². The lowest BCUT2D eigenvalue weighted by atomic mass is 10.1. The number of benzene rings is 1. The average Bonchev–Trinajstić information content (AvgIpc) is 2.27. The number of carbonyl (C=O) groups is 1. The molecule has 7 heteroatoms. The predicted molar refractivity (Wildman–Crippen MR) is 60.1 cm³/mol. The van der Waals surface area contributed by atoms with Crippen LogP contribution in [0.25, 0.3) is 0 Å². The van der Waals surface area contributed by atoms with Gasteiger partial charge in [-0.1, -0.05) is 0 Å². The van der Waals surface area contributed by atoms with Crippen LogP contribution in [0.1, 0.15) is 18.1 Å². The first-order valence-electron chi connectivity index (χ1n) is 4.82. The molecule has 1 rings (SSSR count). The fourth-order valence-corrected chi connectivity index (χ4v) is 1.21. The molecule has 0 saturated heterocycles. The van der Waals surface area contributed by atoms with Crippen LogP contribution < -0.4 is 5.32 Å². The van der Waals surface area contributed by atoms with Crippen LogP contribution in [0.2, 0.25) is 0 Å². The number of hydrogen-bond donors (Lipinski definition) is 1. The van der Waals surface area contributed by atoms with Gasteiger partial charge in [0.2, 0.25) is 5.91 Å². The third kappa shape index (κ3) is 3.37. The number of rotatable bonds is 2. The first kappa shape index (κ1) is 14.3. The Labute approximate surface area is 106 Å². The van der Waals surface area contributed by atoms with Crippen molar-refractivity contribution in [1.29, 1.82) is 5.26 Å². The highest BCUT2D eigenvalue weighted by Crippen LogP contribution is 2.31. The van der Waals surface area contributed by atoms with Gasteiger partial charge in [0.25, 0.3) is 0 Å². The third-order valence-electron chi connectivity index (χ3n) is 2.09. The summed E-state index contributed by atoms with van der Waals surface area (Å²) in [6, 6.07) is 4.08. The van der Waals surface area contributed by atoms with Crippen LogP contribution in [0.3, 0.4) is 0 Å². The fraction of sp³-hybridized carbons (Fsp3) is 0.273. The molecule has 1 aromatic carbocycles. The quantitative estimate of drug-likeness (QED) is 0.844. The van der Waals surface area contributed by atoms with E-state index in [1.807, 2.05) is 0 Å². The van der Waals surface area contributed by atoms with Crippen LogP contribution >= 0.6 is 11.6 Å². The molecule has 0 aliphatic heterocycles. The van der Waals surface area contributed by atoms with Gasteiger partial charge >= 0.3 is 6.18 Å². The second kappa shape index (κ2) is 5.27. The van der Waals surface area contributed by atoms with Gasteiger partial charge in [0.1, 0.15) is 11.4 Å². The number of halogens is 4. The van der Waals surface area contributed by atoms with Crippen LogP contribution in [0, 0.1) is 11.3 Å². The first-order valence-corrected chi connectivity index (χ1v) is 5.25. The van der Waals surface area contributed by atoms with E-state index < -0.39 is 23.0 Å². The summed E-state index contributed by atoms with van der Waals surface area (Å²) in [6.07, 6.45) is -4.53. The number of anilines is 1. The van der Waals surface area contributed by atoms with E-state index in [4.69, 9.17) is 16.9 Å². The lowest BCUT2D eigenvalue weighted by Gasteiger charge is -2.11. The zero-order valence-electron chi connectivity index (χ0n) is 9.18. The molecule has 0 saturated carbocycles. The molecule has 1 unspecified atom stereocenters. The summed E-state index contributed by atoms with van der Waals surface area (Å²) in [6.45, 7) is 1.41. The maximum absolute atomic E-state index is 12.4. The zero-order valence-corrected chi connectivity index (χ0v) is 9.93.